The van der Waals surface area contributed by atoms with Crippen LogP contribution >= 0.6 is 0 Å². The van der Waals surface area contributed by atoms with Gasteiger partial charge in [-0.25, -0.2) is 4.98 Å². The number of aryl methyl sites for hydroxylation is 1. The molecule has 1 saturated heterocycles. The Labute approximate surface area is 203 Å². The maximum absolute atomic E-state index is 10.9. The number of carboxylic acid groups (broad SMARTS) is 2. The van der Waals surface area contributed by atoms with Crippen LogP contribution in [0.2, 0.25) is 0 Å². The van der Waals surface area contributed by atoms with Crippen LogP contribution in [-0.2, 0) is 20.9 Å². The predicted octanol–water partition coefficient (Wildman–Crippen LogP) is 1.15. The van der Waals surface area contributed by atoms with E-state index < -0.39 is 0 Å². The molecule has 188 valence electrons. The van der Waals surface area contributed by atoms with Crippen LogP contribution in [0.5, 0.6) is 0 Å². The Bertz CT molecular complexity index is 1050. The first-order valence-corrected chi connectivity index (χ1v) is 11.0. The lowest BCUT2D eigenvalue weighted by molar-refractivity contribution is -0.123. The molecular formula is C23H31N7O5. The zero-order chi connectivity index (χ0) is 25.6. The summed E-state index contributed by atoms with van der Waals surface area (Å²) in [5, 5.41) is 18.2. The SMILES string of the molecule is CN1CCN(c2ccc(-c3nccn3-c3cnn(CCCC(N)=O)c3)cc2)CC1.O=CO.O=CO. The van der Waals surface area contributed by atoms with Crippen molar-refractivity contribution in [2.24, 2.45) is 5.73 Å². The van der Waals surface area contributed by atoms with E-state index in [2.05, 4.69) is 51.2 Å². The fourth-order valence-electron chi connectivity index (χ4n) is 3.63. The number of nitrogens with two attached hydrogens (primary N) is 1. The van der Waals surface area contributed by atoms with Crippen LogP contribution in [0.25, 0.3) is 17.1 Å². The third kappa shape index (κ3) is 8.27. The number of anilines is 1. The minimum atomic E-state index is -0.283. The molecule has 1 fully saturated rings. The number of aromatic nitrogens is 4. The number of piperazine rings is 1. The third-order valence-electron chi connectivity index (χ3n) is 5.34. The van der Waals surface area contributed by atoms with E-state index in [0.29, 0.717) is 19.4 Å². The first-order chi connectivity index (χ1) is 16.9. The Morgan fingerprint density at radius 1 is 1.06 bits per heavy atom. The molecule has 0 bridgehead atoms. The average Bonchev–Trinajstić information content (AvgIpc) is 3.50. The zero-order valence-electron chi connectivity index (χ0n) is 19.6. The number of benzene rings is 1. The highest BCUT2D eigenvalue weighted by atomic mass is 16.3. The van der Waals surface area contributed by atoms with Crippen LogP contribution in [0.3, 0.4) is 0 Å². The molecule has 3 heterocycles. The predicted molar refractivity (Wildman–Crippen MR) is 130 cm³/mol. The van der Waals surface area contributed by atoms with Gasteiger partial charge in [0.1, 0.15) is 5.82 Å². The fraction of sp³-hybridized carbons (Fsp3) is 0.348. The van der Waals surface area contributed by atoms with Gasteiger partial charge in [-0.3, -0.25) is 23.6 Å². The van der Waals surface area contributed by atoms with Gasteiger partial charge >= 0.3 is 0 Å². The van der Waals surface area contributed by atoms with E-state index in [-0.39, 0.29) is 18.9 Å². The molecule has 1 aliphatic rings. The number of carbonyl (C=O) groups is 3. The smallest absolute Gasteiger partial charge is 0.290 e. The molecule has 1 aliphatic heterocycles. The Kier molecular flexibility index (Phi) is 10.9. The molecule has 12 nitrogen and oxygen atoms in total. The minimum absolute atomic E-state index is 0.250. The van der Waals surface area contributed by atoms with Crippen LogP contribution in [0.4, 0.5) is 5.69 Å². The number of amides is 1. The first kappa shape index (κ1) is 27.1. The minimum Gasteiger partial charge on any atom is -0.483 e. The summed E-state index contributed by atoms with van der Waals surface area (Å²) in [6.07, 6.45) is 8.56. The number of rotatable bonds is 7. The van der Waals surface area contributed by atoms with Crippen molar-refractivity contribution in [1.82, 2.24) is 24.2 Å². The van der Waals surface area contributed by atoms with Crippen LogP contribution < -0.4 is 10.6 Å². The van der Waals surface area contributed by atoms with Gasteiger partial charge < -0.3 is 25.7 Å². The molecule has 1 aromatic carbocycles. The van der Waals surface area contributed by atoms with Crippen molar-refractivity contribution in [2.75, 3.05) is 38.1 Å². The number of likely N-dealkylation sites (N-methyl/N-ethyl adjacent to an activating group) is 1. The van der Waals surface area contributed by atoms with Gasteiger partial charge in [0.05, 0.1) is 11.9 Å². The van der Waals surface area contributed by atoms with Crippen molar-refractivity contribution < 1.29 is 24.6 Å². The van der Waals surface area contributed by atoms with Gasteiger partial charge in [0, 0.05) is 69.0 Å². The van der Waals surface area contributed by atoms with Crippen molar-refractivity contribution in [2.45, 2.75) is 19.4 Å². The monoisotopic (exact) mass is 485 g/mol. The third-order valence-corrected chi connectivity index (χ3v) is 5.34. The van der Waals surface area contributed by atoms with Gasteiger partial charge in [-0.2, -0.15) is 5.10 Å². The summed E-state index contributed by atoms with van der Waals surface area (Å²) in [6, 6.07) is 8.60. The summed E-state index contributed by atoms with van der Waals surface area (Å²) < 4.78 is 3.86. The highest BCUT2D eigenvalue weighted by molar-refractivity contribution is 5.73. The maximum atomic E-state index is 10.9. The van der Waals surface area contributed by atoms with E-state index >= 15 is 0 Å². The van der Waals surface area contributed by atoms with E-state index in [0.717, 1.165) is 43.3 Å². The second-order valence-corrected chi connectivity index (χ2v) is 7.70. The van der Waals surface area contributed by atoms with E-state index in [1.807, 2.05) is 27.8 Å². The molecule has 0 atom stereocenters. The molecular weight excluding hydrogens is 454 g/mol. The lowest BCUT2D eigenvalue weighted by atomic mass is 10.1. The number of carbonyl (C=O) groups excluding carboxylic acids is 1. The van der Waals surface area contributed by atoms with E-state index in [9.17, 15) is 4.79 Å². The highest BCUT2D eigenvalue weighted by Crippen LogP contribution is 2.25. The second-order valence-electron chi connectivity index (χ2n) is 7.70. The summed E-state index contributed by atoms with van der Waals surface area (Å²) in [6.45, 7) is 4.46. The zero-order valence-corrected chi connectivity index (χ0v) is 19.6. The van der Waals surface area contributed by atoms with Crippen molar-refractivity contribution >= 4 is 24.5 Å². The molecule has 3 aromatic rings. The van der Waals surface area contributed by atoms with Crippen LogP contribution in [0.15, 0.2) is 49.1 Å². The molecule has 4 N–H and O–H groups in total. The molecule has 2 aromatic heterocycles. The normalized spacial score (nSPS) is 13.1. The number of imidazole rings is 1. The molecule has 0 spiro atoms. The van der Waals surface area contributed by atoms with E-state index in [1.54, 1.807) is 6.20 Å². The molecule has 0 unspecified atom stereocenters. The lowest BCUT2D eigenvalue weighted by Gasteiger charge is -2.34. The largest absolute Gasteiger partial charge is 0.483 e. The Balaban J connectivity index is 0.000000655. The van der Waals surface area contributed by atoms with E-state index in [4.69, 9.17) is 25.5 Å². The Morgan fingerprint density at radius 2 is 1.69 bits per heavy atom. The van der Waals surface area contributed by atoms with Gasteiger partial charge in [-0.05, 0) is 37.7 Å². The van der Waals surface area contributed by atoms with Crippen LogP contribution in [0, 0.1) is 0 Å². The standard InChI is InChI=1S/C21H27N7O.2CH2O2/c1-25-11-13-26(14-12-25)18-6-4-17(5-7-18)21-23-8-10-28(21)19-15-24-27(16-19)9-2-3-20(22)29;2*2-1-3/h4-8,10,15-16H,2-3,9,11-14H2,1H3,(H2,22,29);2*1H,(H,2,3). The Morgan fingerprint density at radius 3 is 2.29 bits per heavy atom. The molecule has 0 saturated carbocycles. The maximum Gasteiger partial charge on any atom is 0.290 e. The van der Waals surface area contributed by atoms with Crippen LogP contribution in [0.1, 0.15) is 12.8 Å². The quantitative estimate of drug-likeness (QED) is 0.417. The number of hydrogen-bond donors (Lipinski definition) is 3. The van der Waals surface area contributed by atoms with E-state index in [1.165, 1.54) is 5.69 Å². The van der Waals surface area contributed by atoms with Crippen molar-refractivity contribution in [1.29, 1.82) is 0 Å². The lowest BCUT2D eigenvalue weighted by Crippen LogP contribution is -2.44. The van der Waals surface area contributed by atoms with Crippen molar-refractivity contribution in [3.05, 3.63) is 49.1 Å². The van der Waals surface area contributed by atoms with Crippen molar-refractivity contribution in [3.8, 4) is 17.1 Å². The number of hydrogen-bond acceptors (Lipinski definition) is 7. The fourth-order valence-corrected chi connectivity index (χ4v) is 3.63. The van der Waals surface area contributed by atoms with Gasteiger partial charge in [0.25, 0.3) is 12.9 Å². The number of nitrogens with zero attached hydrogens (tertiary/aromatic N) is 6. The molecule has 0 radical (unpaired) electrons. The van der Waals surface area contributed by atoms with Gasteiger partial charge in [-0.1, -0.05) is 0 Å². The summed E-state index contributed by atoms with van der Waals surface area (Å²) in [5.41, 5.74) is 8.46. The molecule has 4 rings (SSSR count). The number of primary amides is 1. The molecule has 12 heteroatoms. The summed E-state index contributed by atoms with van der Waals surface area (Å²) in [7, 11) is 2.17. The topological polar surface area (TPSA) is 160 Å². The highest BCUT2D eigenvalue weighted by Gasteiger charge is 2.15. The summed E-state index contributed by atoms with van der Waals surface area (Å²) >= 11 is 0. The second kappa shape index (κ2) is 14.2. The summed E-state index contributed by atoms with van der Waals surface area (Å²) in [4.78, 5) is 37.0. The summed E-state index contributed by atoms with van der Waals surface area (Å²) in [5.74, 6) is 0.598. The van der Waals surface area contributed by atoms with Crippen molar-refractivity contribution in [3.63, 3.8) is 0 Å². The average molecular weight is 486 g/mol. The van der Waals surface area contributed by atoms with Crippen LogP contribution in [-0.4, -0.2) is 86.5 Å². The Hall–Kier alpha value is -4.19. The molecule has 0 aliphatic carbocycles. The molecule has 35 heavy (non-hydrogen) atoms. The van der Waals surface area contributed by atoms with Gasteiger partial charge in [0.15, 0.2) is 0 Å². The van der Waals surface area contributed by atoms with Gasteiger partial charge in [0.2, 0.25) is 5.91 Å². The molecule has 1 amide bonds. The first-order valence-electron chi connectivity index (χ1n) is 11.0. The van der Waals surface area contributed by atoms with Gasteiger partial charge in [-0.15, -0.1) is 0 Å².